The highest BCUT2D eigenvalue weighted by Crippen LogP contribution is 2.56. The minimum absolute atomic E-state index is 0.0601. The smallest absolute Gasteiger partial charge is 0.433 e. The van der Waals surface area contributed by atoms with E-state index in [9.17, 15) is 83.8 Å². The molecule has 0 unspecified atom stereocenters. The SMILES string of the molecule is CC(=O)Nc1c(Br)cc(C(F)(C(F)(F)F)C(F)(F)F)cc1OC(F)F.Nc1c(Br)cc(C(F)(C(F)(F)F)C(F)(F)F)cc1OC(F)F. The van der Waals surface area contributed by atoms with Crippen molar-refractivity contribution in [2.75, 3.05) is 11.1 Å². The minimum atomic E-state index is -6.44. The van der Waals surface area contributed by atoms with E-state index in [4.69, 9.17) is 5.73 Å². The molecule has 0 aliphatic rings. The molecule has 5 nitrogen and oxygen atoms in total. The molecule has 3 N–H and O–H groups in total. The van der Waals surface area contributed by atoms with Gasteiger partial charge in [0.05, 0.1) is 11.4 Å². The number of nitrogens with two attached hydrogens (primary N) is 1. The first-order chi connectivity index (χ1) is 20.8. The highest BCUT2D eigenvalue weighted by atomic mass is 79.9. The lowest BCUT2D eigenvalue weighted by Crippen LogP contribution is -2.50. The number of rotatable bonds is 7. The molecule has 0 atom stereocenters. The normalized spacial score (nSPS) is 13.3. The molecule has 2 aromatic carbocycles. The number of halogens is 20. The summed E-state index contributed by atoms with van der Waals surface area (Å²) < 4.78 is 235. The van der Waals surface area contributed by atoms with Gasteiger partial charge in [-0.1, -0.05) is 0 Å². The largest absolute Gasteiger partial charge is 0.435 e. The number of alkyl halides is 18. The number of hydrogen-bond acceptors (Lipinski definition) is 4. The van der Waals surface area contributed by atoms with Gasteiger partial charge in [-0.3, -0.25) is 4.79 Å². The van der Waals surface area contributed by atoms with Gasteiger partial charge < -0.3 is 20.5 Å². The van der Waals surface area contributed by atoms with Crippen molar-refractivity contribution < 1.29 is 93.3 Å². The van der Waals surface area contributed by atoms with Gasteiger partial charge in [0.2, 0.25) is 5.91 Å². The van der Waals surface area contributed by atoms with Crippen molar-refractivity contribution in [1.29, 1.82) is 0 Å². The molecule has 1 amide bonds. The van der Waals surface area contributed by atoms with Crippen LogP contribution in [-0.2, 0) is 16.1 Å². The molecule has 0 radical (unpaired) electrons. The maximum absolute atomic E-state index is 14.0. The van der Waals surface area contributed by atoms with Crippen LogP contribution in [0.2, 0.25) is 0 Å². The number of nitrogen functional groups attached to an aromatic ring is 1. The second-order valence-corrected chi connectivity index (χ2v) is 10.2. The zero-order valence-corrected chi connectivity index (χ0v) is 25.0. The molecule has 0 saturated carbocycles. The Labute approximate surface area is 265 Å². The van der Waals surface area contributed by atoms with Crippen molar-refractivity contribution in [3.63, 3.8) is 0 Å². The fraction of sp³-hybridized carbons (Fsp3) is 0.409. The van der Waals surface area contributed by atoms with E-state index < -0.39 is 98.1 Å². The minimum Gasteiger partial charge on any atom is -0.433 e. The molecular formula is C22H12Br2F18N2O3. The predicted octanol–water partition coefficient (Wildman–Crippen LogP) is 10.2. The van der Waals surface area contributed by atoms with E-state index in [0.717, 1.165) is 6.92 Å². The molecular weight excluding hydrogens is 842 g/mol. The average Bonchev–Trinajstić information content (AvgIpc) is 2.84. The van der Waals surface area contributed by atoms with Crippen molar-refractivity contribution in [2.24, 2.45) is 0 Å². The topological polar surface area (TPSA) is 73.6 Å². The van der Waals surface area contributed by atoms with Crippen LogP contribution < -0.4 is 20.5 Å². The first-order valence-electron chi connectivity index (χ1n) is 11.1. The molecule has 0 spiro atoms. The van der Waals surface area contributed by atoms with Crippen LogP contribution in [-0.4, -0.2) is 43.8 Å². The van der Waals surface area contributed by atoms with Crippen LogP contribution in [0.25, 0.3) is 0 Å². The van der Waals surface area contributed by atoms with Crippen LogP contribution in [0.3, 0.4) is 0 Å². The Hall–Kier alpha value is -2.99. The summed E-state index contributed by atoms with van der Waals surface area (Å²) in [7, 11) is 0. The Morgan fingerprint density at radius 2 is 0.957 bits per heavy atom. The van der Waals surface area contributed by atoms with Crippen LogP contribution in [0.15, 0.2) is 33.2 Å². The Kier molecular flexibility index (Phi) is 12.7. The van der Waals surface area contributed by atoms with E-state index in [-0.39, 0.29) is 24.3 Å². The lowest BCUT2D eigenvalue weighted by atomic mass is 9.93. The van der Waals surface area contributed by atoms with Gasteiger partial charge in [-0.05, 0) is 56.1 Å². The lowest BCUT2D eigenvalue weighted by Gasteiger charge is -2.31. The number of carbonyl (C=O) groups excluding carboxylic acids is 1. The number of carbonyl (C=O) groups is 1. The van der Waals surface area contributed by atoms with E-state index >= 15 is 0 Å². The molecule has 0 heterocycles. The molecule has 0 aliphatic carbocycles. The number of ether oxygens (including phenoxy) is 2. The van der Waals surface area contributed by atoms with Crippen molar-refractivity contribution in [3.8, 4) is 11.5 Å². The number of nitrogens with one attached hydrogen (secondary N) is 1. The molecule has 0 fully saturated rings. The van der Waals surface area contributed by atoms with Crippen LogP contribution in [0, 0.1) is 0 Å². The monoisotopic (exact) mass is 852 g/mol. The van der Waals surface area contributed by atoms with E-state index in [1.165, 1.54) is 0 Å². The van der Waals surface area contributed by atoms with Gasteiger partial charge in [-0.25, -0.2) is 8.78 Å². The van der Waals surface area contributed by atoms with Gasteiger partial charge in [0.15, 0.2) is 11.5 Å². The molecule has 2 rings (SSSR count). The van der Waals surface area contributed by atoms with Crippen LogP contribution in [0.1, 0.15) is 18.1 Å². The third kappa shape index (κ3) is 9.13. The first-order valence-corrected chi connectivity index (χ1v) is 12.7. The van der Waals surface area contributed by atoms with Gasteiger partial charge in [-0.15, -0.1) is 0 Å². The van der Waals surface area contributed by atoms with Crippen LogP contribution in [0.4, 0.5) is 90.4 Å². The Morgan fingerprint density at radius 1 is 0.638 bits per heavy atom. The summed E-state index contributed by atoms with van der Waals surface area (Å²) in [5.74, 6) is -3.41. The summed E-state index contributed by atoms with van der Waals surface area (Å²) in [5, 5.41) is 1.87. The zero-order chi connectivity index (χ0) is 37.3. The standard InChI is InChI=1S/C12H7BrF9NO2.C10H5BrF9NO/c1-4(24)23-8-6(13)2-5(3-7(8)25-9(14)15)10(16,11(17,18)19)12(20,21)22;11-4-1-3(2-5(6(4)21)22-7(12)13)8(14,9(15,16)17)10(18,19)20/h2-3,9H,1H3,(H,23,24);1-2,7H,21H2. The van der Waals surface area contributed by atoms with E-state index in [2.05, 4.69) is 41.3 Å². The number of amides is 1. The van der Waals surface area contributed by atoms with Crippen LogP contribution >= 0.6 is 31.9 Å². The molecule has 47 heavy (non-hydrogen) atoms. The molecule has 0 saturated heterocycles. The van der Waals surface area contributed by atoms with Gasteiger partial charge in [-0.2, -0.15) is 70.2 Å². The van der Waals surface area contributed by atoms with Gasteiger partial charge in [0, 0.05) is 27.0 Å². The quantitative estimate of drug-likeness (QED) is 0.215. The van der Waals surface area contributed by atoms with Gasteiger partial charge >= 0.3 is 49.3 Å². The molecule has 2 aromatic rings. The van der Waals surface area contributed by atoms with Crippen molar-refractivity contribution in [1.82, 2.24) is 0 Å². The third-order valence-electron chi connectivity index (χ3n) is 5.24. The maximum atomic E-state index is 14.0. The summed E-state index contributed by atoms with van der Waals surface area (Å²) in [6.45, 7) is -6.37. The Balaban J connectivity index is 0.000000474. The number of benzene rings is 2. The fourth-order valence-electron chi connectivity index (χ4n) is 3.23. The third-order valence-corrected chi connectivity index (χ3v) is 6.52. The fourth-order valence-corrected chi connectivity index (χ4v) is 4.21. The second-order valence-electron chi connectivity index (χ2n) is 8.45. The lowest BCUT2D eigenvalue weighted by molar-refractivity contribution is -0.349. The zero-order valence-electron chi connectivity index (χ0n) is 21.8. The van der Waals surface area contributed by atoms with Crippen molar-refractivity contribution in [3.05, 3.63) is 44.3 Å². The van der Waals surface area contributed by atoms with Crippen LogP contribution in [0.5, 0.6) is 11.5 Å². The average molecular weight is 854 g/mol. The summed E-state index contributed by atoms with van der Waals surface area (Å²) in [4.78, 5) is 11.0. The van der Waals surface area contributed by atoms with E-state index in [0.29, 0.717) is 0 Å². The molecule has 0 bridgehead atoms. The van der Waals surface area contributed by atoms with E-state index in [1.807, 2.05) is 5.32 Å². The summed E-state index contributed by atoms with van der Waals surface area (Å²) >= 11 is 4.96. The van der Waals surface area contributed by atoms with Gasteiger partial charge in [0.1, 0.15) is 0 Å². The van der Waals surface area contributed by atoms with Crippen molar-refractivity contribution in [2.45, 2.75) is 56.2 Å². The van der Waals surface area contributed by atoms with Gasteiger partial charge in [0.25, 0.3) is 0 Å². The number of hydrogen-bond donors (Lipinski definition) is 2. The maximum Gasteiger partial charge on any atom is 0.435 e. The second kappa shape index (κ2) is 14.2. The Bertz CT molecular complexity index is 1400. The molecule has 268 valence electrons. The van der Waals surface area contributed by atoms with Crippen molar-refractivity contribution >= 4 is 49.1 Å². The van der Waals surface area contributed by atoms with E-state index in [1.54, 1.807) is 0 Å². The molecule has 0 aliphatic heterocycles. The highest BCUT2D eigenvalue weighted by Gasteiger charge is 2.74. The molecule has 0 aromatic heterocycles. The first kappa shape index (κ1) is 42.0. The number of anilines is 2. The summed E-state index contributed by atoms with van der Waals surface area (Å²) in [6, 6.07) is -0.227. The predicted molar refractivity (Wildman–Crippen MR) is 130 cm³/mol. The Morgan fingerprint density at radius 3 is 1.28 bits per heavy atom. The molecule has 25 heteroatoms. The highest BCUT2D eigenvalue weighted by molar-refractivity contribution is 9.11. The summed E-state index contributed by atoms with van der Waals surface area (Å²) in [5.41, 5.74) is -11.9. The summed E-state index contributed by atoms with van der Waals surface area (Å²) in [6.07, 6.45) is -25.7.